The Morgan fingerprint density at radius 2 is 1.82 bits per heavy atom. The van der Waals surface area contributed by atoms with Crippen LogP contribution >= 0.6 is 0 Å². The van der Waals surface area contributed by atoms with Crippen LogP contribution in [0.4, 0.5) is 0 Å². The van der Waals surface area contributed by atoms with Crippen LogP contribution in [0.3, 0.4) is 0 Å². The van der Waals surface area contributed by atoms with E-state index in [1.807, 2.05) is 63.9 Å². The number of hydrogen-bond acceptors (Lipinski definition) is 6. The molecule has 3 heterocycles. The van der Waals surface area contributed by atoms with Crippen molar-refractivity contribution in [2.45, 2.75) is 98.4 Å². The summed E-state index contributed by atoms with van der Waals surface area (Å²) in [6.07, 6.45) is 5.56. The van der Waals surface area contributed by atoms with E-state index < -0.39 is 0 Å². The number of aromatic nitrogens is 5. The summed E-state index contributed by atoms with van der Waals surface area (Å²) in [5.41, 5.74) is 4.90. The third kappa shape index (κ3) is 7.24. The molecule has 5 rings (SSSR count). The van der Waals surface area contributed by atoms with Crippen LogP contribution in [-0.2, 0) is 18.6 Å². The van der Waals surface area contributed by atoms with Gasteiger partial charge in [-0.05, 0) is 74.8 Å². The predicted octanol–water partition coefficient (Wildman–Crippen LogP) is 7.25. The molecule has 0 radical (unpaired) electrons. The van der Waals surface area contributed by atoms with Gasteiger partial charge in [0.05, 0.1) is 24.9 Å². The molecule has 1 amide bonds. The molecular weight excluding hydrogens is 564 g/mol. The van der Waals surface area contributed by atoms with Gasteiger partial charge in [0.15, 0.2) is 0 Å². The molecule has 1 unspecified atom stereocenters. The summed E-state index contributed by atoms with van der Waals surface area (Å²) >= 11 is 0. The zero-order valence-corrected chi connectivity index (χ0v) is 28.3. The van der Waals surface area contributed by atoms with E-state index in [0.717, 1.165) is 35.4 Å². The van der Waals surface area contributed by atoms with Crippen LogP contribution in [0.15, 0.2) is 54.9 Å². The van der Waals surface area contributed by atoms with Crippen LogP contribution in [0.2, 0.25) is 0 Å². The lowest BCUT2D eigenvalue weighted by Gasteiger charge is -2.45. The van der Waals surface area contributed by atoms with E-state index in [0.29, 0.717) is 42.6 Å². The van der Waals surface area contributed by atoms with E-state index in [1.54, 1.807) is 7.11 Å². The van der Waals surface area contributed by atoms with Crippen molar-refractivity contribution in [1.29, 1.82) is 0 Å². The van der Waals surface area contributed by atoms with Crippen molar-refractivity contribution in [1.82, 2.24) is 29.7 Å². The van der Waals surface area contributed by atoms with E-state index in [1.165, 1.54) is 5.56 Å². The van der Waals surface area contributed by atoms with Gasteiger partial charge in [0.25, 0.3) is 5.91 Å². The van der Waals surface area contributed by atoms with Crippen LogP contribution in [0, 0.1) is 12.8 Å². The number of ether oxygens (including phenoxy) is 2. The summed E-state index contributed by atoms with van der Waals surface area (Å²) in [5, 5.41) is 13.8. The minimum atomic E-state index is -0.340. The lowest BCUT2D eigenvalue weighted by Crippen LogP contribution is -2.53. The number of carbonyl (C=O) groups is 1. The van der Waals surface area contributed by atoms with Gasteiger partial charge in [-0.25, -0.2) is 4.68 Å². The Hall–Kier alpha value is -4.14. The number of benzene rings is 2. The summed E-state index contributed by atoms with van der Waals surface area (Å²) in [6.45, 7) is 18.8. The molecule has 1 saturated heterocycles. The van der Waals surface area contributed by atoms with E-state index in [9.17, 15) is 4.79 Å². The molecular formula is C36H48N6O3. The lowest BCUT2D eigenvalue weighted by atomic mass is 9.87. The SMILES string of the molecule is COc1ccc(C)cc1-c1nn(CC(C)C)cc1C(=O)N1CC(n2cc(COc3ccc(C(C)(C)C)cc3)nn2)CCC1(C)C. The number of carbonyl (C=O) groups excluding carboxylic acids is 1. The van der Waals surface area contributed by atoms with Gasteiger partial charge in [-0.2, -0.15) is 5.10 Å². The number of piperidine rings is 1. The molecule has 1 atom stereocenters. The van der Waals surface area contributed by atoms with Gasteiger partial charge < -0.3 is 14.4 Å². The Morgan fingerprint density at radius 3 is 2.49 bits per heavy atom. The smallest absolute Gasteiger partial charge is 0.258 e. The number of rotatable bonds is 9. The first-order valence-electron chi connectivity index (χ1n) is 15.9. The molecule has 1 aliphatic rings. The van der Waals surface area contributed by atoms with Gasteiger partial charge in [-0.3, -0.25) is 9.48 Å². The van der Waals surface area contributed by atoms with Gasteiger partial charge in [0, 0.05) is 30.4 Å². The molecule has 4 aromatic rings. The van der Waals surface area contributed by atoms with Crippen molar-refractivity contribution in [3.8, 4) is 22.8 Å². The van der Waals surface area contributed by atoms with Crippen molar-refractivity contribution >= 4 is 5.91 Å². The van der Waals surface area contributed by atoms with Gasteiger partial charge in [0.2, 0.25) is 0 Å². The Labute approximate surface area is 267 Å². The summed E-state index contributed by atoms with van der Waals surface area (Å²) < 4.78 is 15.5. The zero-order chi connectivity index (χ0) is 32.5. The van der Waals surface area contributed by atoms with E-state index in [2.05, 4.69) is 70.9 Å². The van der Waals surface area contributed by atoms with Gasteiger partial charge in [-0.1, -0.05) is 63.6 Å². The van der Waals surface area contributed by atoms with Crippen LogP contribution in [0.5, 0.6) is 11.5 Å². The summed E-state index contributed by atoms with van der Waals surface area (Å²) in [4.78, 5) is 16.5. The topological polar surface area (TPSA) is 87.3 Å². The third-order valence-electron chi connectivity index (χ3n) is 8.65. The molecule has 240 valence electrons. The number of likely N-dealkylation sites (tertiary alicyclic amines) is 1. The van der Waals surface area contributed by atoms with Gasteiger partial charge in [0.1, 0.15) is 29.5 Å². The quantitative estimate of drug-likeness (QED) is 0.198. The second-order valence-electron chi connectivity index (χ2n) is 14.4. The maximum absolute atomic E-state index is 14.5. The molecule has 0 N–H and O–H groups in total. The highest BCUT2D eigenvalue weighted by molar-refractivity contribution is 6.01. The second-order valence-corrected chi connectivity index (χ2v) is 14.4. The third-order valence-corrected chi connectivity index (χ3v) is 8.65. The van der Waals surface area contributed by atoms with Gasteiger partial charge in [-0.15, -0.1) is 5.10 Å². The second kappa shape index (κ2) is 12.7. The number of hydrogen-bond donors (Lipinski definition) is 0. The van der Waals surface area contributed by atoms with E-state index in [4.69, 9.17) is 14.6 Å². The van der Waals surface area contributed by atoms with E-state index in [-0.39, 0.29) is 22.9 Å². The standard InChI is InChI=1S/C36H48N6O3/c1-24(2)19-40-22-31(33(38-40)30-18-25(3)10-15-32(30)44-9)34(43)41-21-28(16-17-36(41,7)8)42-20-27(37-39-42)23-45-29-13-11-26(12-14-29)35(4,5)6/h10-15,18,20,22,24,28H,16-17,19,21,23H2,1-9H3. The number of amides is 1. The summed E-state index contributed by atoms with van der Waals surface area (Å²) in [6, 6.07) is 14.2. The van der Waals surface area contributed by atoms with Crippen LogP contribution in [0.25, 0.3) is 11.3 Å². The first-order valence-corrected chi connectivity index (χ1v) is 15.9. The fourth-order valence-corrected chi connectivity index (χ4v) is 5.94. The average Bonchev–Trinajstić information content (AvgIpc) is 3.62. The van der Waals surface area contributed by atoms with Crippen LogP contribution < -0.4 is 9.47 Å². The molecule has 0 saturated carbocycles. The first-order chi connectivity index (χ1) is 21.2. The van der Waals surface area contributed by atoms with Crippen molar-refractivity contribution in [3.63, 3.8) is 0 Å². The molecule has 1 aliphatic heterocycles. The Bertz CT molecular complexity index is 1630. The molecule has 0 aliphatic carbocycles. The Kier molecular flexibility index (Phi) is 9.10. The van der Waals surface area contributed by atoms with Crippen molar-refractivity contribution in [2.75, 3.05) is 13.7 Å². The monoisotopic (exact) mass is 612 g/mol. The summed E-state index contributed by atoms with van der Waals surface area (Å²) in [5.74, 6) is 1.83. The number of nitrogens with zero attached hydrogens (tertiary/aromatic N) is 6. The van der Waals surface area contributed by atoms with Crippen molar-refractivity contribution in [2.24, 2.45) is 5.92 Å². The van der Waals surface area contributed by atoms with Crippen molar-refractivity contribution < 1.29 is 14.3 Å². The highest BCUT2D eigenvalue weighted by Gasteiger charge is 2.40. The highest BCUT2D eigenvalue weighted by Crippen LogP contribution is 2.37. The fourth-order valence-electron chi connectivity index (χ4n) is 5.94. The largest absolute Gasteiger partial charge is 0.496 e. The maximum atomic E-state index is 14.5. The minimum Gasteiger partial charge on any atom is -0.496 e. The summed E-state index contributed by atoms with van der Waals surface area (Å²) in [7, 11) is 1.65. The molecule has 0 bridgehead atoms. The molecule has 0 spiro atoms. The van der Waals surface area contributed by atoms with Crippen molar-refractivity contribution in [3.05, 3.63) is 77.2 Å². The minimum absolute atomic E-state index is 0.00282. The first kappa shape index (κ1) is 32.3. The Balaban J connectivity index is 1.37. The maximum Gasteiger partial charge on any atom is 0.258 e. The molecule has 9 heteroatoms. The molecule has 45 heavy (non-hydrogen) atoms. The predicted molar refractivity (Wildman–Crippen MR) is 177 cm³/mol. The zero-order valence-electron chi connectivity index (χ0n) is 28.3. The van der Waals surface area contributed by atoms with Crippen LogP contribution in [0.1, 0.15) is 94.5 Å². The molecule has 9 nitrogen and oxygen atoms in total. The average molecular weight is 613 g/mol. The van der Waals surface area contributed by atoms with E-state index >= 15 is 0 Å². The molecule has 1 fully saturated rings. The lowest BCUT2D eigenvalue weighted by molar-refractivity contribution is 0.0309. The number of methoxy groups -OCH3 is 1. The van der Waals surface area contributed by atoms with Gasteiger partial charge >= 0.3 is 0 Å². The fraction of sp³-hybridized carbons (Fsp3) is 0.500. The molecule has 2 aromatic heterocycles. The highest BCUT2D eigenvalue weighted by atomic mass is 16.5. The Morgan fingerprint density at radius 1 is 1.09 bits per heavy atom. The molecule has 2 aromatic carbocycles. The van der Waals surface area contributed by atoms with Crippen LogP contribution in [-0.4, -0.2) is 54.8 Å². The number of aryl methyl sites for hydroxylation is 1. The normalized spacial score (nSPS) is 16.7.